The third-order valence-corrected chi connectivity index (χ3v) is 3.05. The van der Waals surface area contributed by atoms with Gasteiger partial charge in [0.1, 0.15) is 0 Å². The summed E-state index contributed by atoms with van der Waals surface area (Å²) in [4.78, 5) is 0. The minimum absolute atomic E-state index is 0.512. The molecular formula is C10H22N2O. The SMILES string of the molecule is COCCCC(NN)C1CCCC1. The van der Waals surface area contributed by atoms with Crippen molar-refractivity contribution in [2.75, 3.05) is 13.7 Å². The molecule has 1 saturated carbocycles. The lowest BCUT2D eigenvalue weighted by Gasteiger charge is -2.22. The predicted molar refractivity (Wildman–Crippen MR) is 54.2 cm³/mol. The molecule has 1 rings (SSSR count). The molecule has 0 aromatic rings. The Hall–Kier alpha value is -0.120. The third-order valence-electron chi connectivity index (χ3n) is 3.05. The van der Waals surface area contributed by atoms with Crippen LogP contribution in [0.25, 0.3) is 0 Å². The van der Waals surface area contributed by atoms with Crippen LogP contribution in [-0.2, 0) is 4.74 Å². The van der Waals surface area contributed by atoms with Gasteiger partial charge in [0, 0.05) is 19.8 Å². The molecular weight excluding hydrogens is 164 g/mol. The van der Waals surface area contributed by atoms with Crippen molar-refractivity contribution in [1.29, 1.82) is 0 Å². The molecule has 13 heavy (non-hydrogen) atoms. The van der Waals surface area contributed by atoms with Gasteiger partial charge in [0.05, 0.1) is 0 Å². The van der Waals surface area contributed by atoms with Gasteiger partial charge in [-0.25, -0.2) is 0 Å². The second kappa shape index (κ2) is 6.35. The number of methoxy groups -OCH3 is 1. The first kappa shape index (κ1) is 11.0. The Labute approximate surface area is 81.0 Å². The van der Waals surface area contributed by atoms with Gasteiger partial charge in [-0.2, -0.15) is 0 Å². The van der Waals surface area contributed by atoms with Crippen LogP contribution >= 0.6 is 0 Å². The average molecular weight is 186 g/mol. The minimum Gasteiger partial charge on any atom is -0.385 e. The molecule has 0 bridgehead atoms. The van der Waals surface area contributed by atoms with E-state index in [1.807, 2.05) is 0 Å². The normalized spacial score (nSPS) is 20.8. The fourth-order valence-electron chi connectivity index (χ4n) is 2.26. The number of hydrogen-bond acceptors (Lipinski definition) is 3. The lowest BCUT2D eigenvalue weighted by atomic mass is 9.95. The fourth-order valence-corrected chi connectivity index (χ4v) is 2.26. The van der Waals surface area contributed by atoms with Crippen molar-refractivity contribution < 1.29 is 4.74 Å². The highest BCUT2D eigenvalue weighted by Crippen LogP contribution is 2.29. The van der Waals surface area contributed by atoms with Crippen LogP contribution in [0.2, 0.25) is 0 Å². The Morgan fingerprint density at radius 1 is 1.46 bits per heavy atom. The number of hydrazine groups is 1. The summed E-state index contributed by atoms with van der Waals surface area (Å²) in [5.74, 6) is 6.35. The second-order valence-electron chi connectivity index (χ2n) is 3.95. The Morgan fingerprint density at radius 2 is 2.15 bits per heavy atom. The highest BCUT2D eigenvalue weighted by molar-refractivity contribution is 4.78. The number of ether oxygens (including phenoxy) is 1. The van der Waals surface area contributed by atoms with Gasteiger partial charge in [0.2, 0.25) is 0 Å². The molecule has 3 N–H and O–H groups in total. The molecule has 1 aliphatic carbocycles. The first-order valence-electron chi connectivity index (χ1n) is 5.33. The molecule has 0 aromatic heterocycles. The summed E-state index contributed by atoms with van der Waals surface area (Å²) in [6.45, 7) is 0.852. The van der Waals surface area contributed by atoms with E-state index in [-0.39, 0.29) is 0 Å². The van der Waals surface area contributed by atoms with Gasteiger partial charge >= 0.3 is 0 Å². The van der Waals surface area contributed by atoms with Crippen LogP contribution in [-0.4, -0.2) is 19.8 Å². The molecule has 0 spiro atoms. The molecule has 1 unspecified atom stereocenters. The Balaban J connectivity index is 2.16. The maximum Gasteiger partial charge on any atom is 0.0462 e. The summed E-state index contributed by atoms with van der Waals surface area (Å²) >= 11 is 0. The van der Waals surface area contributed by atoms with E-state index in [1.54, 1.807) is 7.11 Å². The molecule has 0 radical (unpaired) electrons. The van der Waals surface area contributed by atoms with Gasteiger partial charge in [0.25, 0.3) is 0 Å². The molecule has 0 heterocycles. The largest absolute Gasteiger partial charge is 0.385 e. The smallest absolute Gasteiger partial charge is 0.0462 e. The lowest BCUT2D eigenvalue weighted by molar-refractivity contribution is 0.183. The summed E-state index contributed by atoms with van der Waals surface area (Å²) in [6.07, 6.45) is 7.72. The molecule has 1 fully saturated rings. The van der Waals surface area contributed by atoms with Gasteiger partial charge in [-0.1, -0.05) is 12.8 Å². The average Bonchev–Trinajstić information content (AvgIpc) is 2.65. The monoisotopic (exact) mass is 186 g/mol. The summed E-state index contributed by atoms with van der Waals surface area (Å²) in [6, 6.07) is 0.512. The molecule has 1 aliphatic rings. The molecule has 78 valence electrons. The number of hydrogen-bond donors (Lipinski definition) is 2. The Bertz CT molecular complexity index is 124. The zero-order valence-electron chi connectivity index (χ0n) is 8.59. The number of nitrogens with one attached hydrogen (secondary N) is 1. The summed E-state index contributed by atoms with van der Waals surface area (Å²) in [5, 5.41) is 0. The summed E-state index contributed by atoms with van der Waals surface area (Å²) in [5.41, 5.74) is 2.95. The first-order valence-corrected chi connectivity index (χ1v) is 5.33. The van der Waals surface area contributed by atoms with Gasteiger partial charge < -0.3 is 4.74 Å². The number of rotatable bonds is 6. The van der Waals surface area contributed by atoms with E-state index in [4.69, 9.17) is 10.6 Å². The zero-order chi connectivity index (χ0) is 9.52. The highest BCUT2D eigenvalue weighted by Gasteiger charge is 2.23. The van der Waals surface area contributed by atoms with Crippen molar-refractivity contribution in [2.24, 2.45) is 11.8 Å². The topological polar surface area (TPSA) is 47.3 Å². The van der Waals surface area contributed by atoms with E-state index in [9.17, 15) is 0 Å². The molecule has 3 nitrogen and oxygen atoms in total. The van der Waals surface area contributed by atoms with E-state index in [0.717, 1.165) is 25.4 Å². The van der Waals surface area contributed by atoms with Crippen molar-refractivity contribution in [3.63, 3.8) is 0 Å². The van der Waals surface area contributed by atoms with Crippen molar-refractivity contribution in [2.45, 2.75) is 44.6 Å². The maximum atomic E-state index is 5.54. The van der Waals surface area contributed by atoms with Crippen molar-refractivity contribution in [1.82, 2.24) is 5.43 Å². The molecule has 0 aliphatic heterocycles. The van der Waals surface area contributed by atoms with Gasteiger partial charge in [-0.05, 0) is 31.6 Å². The first-order chi connectivity index (χ1) is 6.38. The van der Waals surface area contributed by atoms with Crippen molar-refractivity contribution >= 4 is 0 Å². The lowest BCUT2D eigenvalue weighted by Crippen LogP contribution is -2.40. The standard InChI is InChI=1S/C10H22N2O/c1-13-8-4-7-10(12-11)9-5-2-3-6-9/h9-10,12H,2-8,11H2,1H3. The Kier molecular flexibility index (Phi) is 5.35. The van der Waals surface area contributed by atoms with Crippen LogP contribution in [0.15, 0.2) is 0 Å². The summed E-state index contributed by atoms with van der Waals surface area (Å²) in [7, 11) is 1.75. The van der Waals surface area contributed by atoms with E-state index in [2.05, 4.69) is 5.43 Å². The second-order valence-corrected chi connectivity index (χ2v) is 3.95. The van der Waals surface area contributed by atoms with Crippen LogP contribution in [0, 0.1) is 5.92 Å². The molecule has 0 aromatic carbocycles. The number of nitrogens with two attached hydrogens (primary N) is 1. The molecule has 1 atom stereocenters. The van der Waals surface area contributed by atoms with E-state index in [1.165, 1.54) is 25.7 Å². The minimum atomic E-state index is 0.512. The zero-order valence-corrected chi connectivity index (χ0v) is 8.59. The fraction of sp³-hybridized carbons (Fsp3) is 1.00. The molecule has 0 saturated heterocycles. The summed E-state index contributed by atoms with van der Waals surface area (Å²) < 4.78 is 5.03. The maximum absolute atomic E-state index is 5.54. The van der Waals surface area contributed by atoms with E-state index >= 15 is 0 Å². The predicted octanol–water partition coefficient (Wildman–Crippen LogP) is 1.44. The van der Waals surface area contributed by atoms with Gasteiger partial charge in [-0.15, -0.1) is 0 Å². The van der Waals surface area contributed by atoms with E-state index in [0.29, 0.717) is 6.04 Å². The van der Waals surface area contributed by atoms with Gasteiger partial charge in [-0.3, -0.25) is 11.3 Å². The van der Waals surface area contributed by atoms with Crippen LogP contribution < -0.4 is 11.3 Å². The third kappa shape index (κ3) is 3.63. The van der Waals surface area contributed by atoms with Crippen LogP contribution in [0.1, 0.15) is 38.5 Å². The van der Waals surface area contributed by atoms with Crippen molar-refractivity contribution in [3.8, 4) is 0 Å². The van der Waals surface area contributed by atoms with Crippen LogP contribution in [0.4, 0.5) is 0 Å². The highest BCUT2D eigenvalue weighted by atomic mass is 16.5. The molecule has 0 amide bonds. The van der Waals surface area contributed by atoms with Crippen LogP contribution in [0.5, 0.6) is 0 Å². The van der Waals surface area contributed by atoms with Crippen molar-refractivity contribution in [3.05, 3.63) is 0 Å². The molecule has 3 heteroatoms. The Morgan fingerprint density at radius 3 is 2.69 bits per heavy atom. The quantitative estimate of drug-likeness (QED) is 0.375. The van der Waals surface area contributed by atoms with Crippen LogP contribution in [0.3, 0.4) is 0 Å². The van der Waals surface area contributed by atoms with Gasteiger partial charge in [0.15, 0.2) is 0 Å². The van der Waals surface area contributed by atoms with E-state index < -0.39 is 0 Å².